The van der Waals surface area contributed by atoms with E-state index in [1.54, 1.807) is 18.2 Å². The van der Waals surface area contributed by atoms with E-state index in [0.717, 1.165) is 22.0 Å². The lowest BCUT2D eigenvalue weighted by atomic mass is 10.1. The van der Waals surface area contributed by atoms with Crippen LogP contribution in [0.5, 0.6) is 0 Å². The summed E-state index contributed by atoms with van der Waals surface area (Å²) in [6.07, 6.45) is 0. The zero-order valence-electron chi connectivity index (χ0n) is 15.0. The van der Waals surface area contributed by atoms with Crippen molar-refractivity contribution in [2.24, 2.45) is 5.10 Å². The number of fused-ring (bicyclic) bond motifs is 1. The first-order valence-electron chi connectivity index (χ1n) is 8.70. The molecule has 28 heavy (non-hydrogen) atoms. The van der Waals surface area contributed by atoms with Crippen LogP contribution in [0, 0.1) is 5.82 Å². The van der Waals surface area contributed by atoms with Crippen molar-refractivity contribution in [3.05, 3.63) is 89.2 Å². The Morgan fingerprint density at radius 2 is 1.64 bits per heavy atom. The van der Waals surface area contributed by atoms with E-state index in [1.807, 2.05) is 49.4 Å². The number of anilines is 1. The summed E-state index contributed by atoms with van der Waals surface area (Å²) in [6, 6.07) is 21.3. The molecule has 0 aliphatic heterocycles. The Bertz CT molecular complexity index is 1170. The Balaban J connectivity index is 1.76. The van der Waals surface area contributed by atoms with Crippen LogP contribution in [0.4, 0.5) is 10.2 Å². The van der Waals surface area contributed by atoms with E-state index in [2.05, 4.69) is 20.5 Å². The van der Waals surface area contributed by atoms with Gasteiger partial charge in [-0.05, 0) is 48.9 Å². The van der Waals surface area contributed by atoms with Crippen molar-refractivity contribution >= 4 is 34.0 Å². The standard InChI is InChI=1S/C22H16ClFN4/c1-14(15-10-12-16(24)13-11-15)27-28-22-18-7-3-5-9-20(18)25-21(26-22)17-6-2-4-8-19(17)23/h2-13H,1H3,(H,25,26,28)/b27-14+. The second-order valence-corrected chi connectivity index (χ2v) is 6.62. The summed E-state index contributed by atoms with van der Waals surface area (Å²) < 4.78 is 13.1. The van der Waals surface area contributed by atoms with E-state index in [0.29, 0.717) is 22.4 Å². The Kier molecular flexibility index (Phi) is 5.00. The minimum atomic E-state index is -0.282. The van der Waals surface area contributed by atoms with Crippen LogP contribution in [0.1, 0.15) is 12.5 Å². The summed E-state index contributed by atoms with van der Waals surface area (Å²) in [5, 5.41) is 5.84. The lowest BCUT2D eigenvalue weighted by molar-refractivity contribution is 0.628. The molecule has 0 bridgehead atoms. The van der Waals surface area contributed by atoms with Crippen molar-refractivity contribution in [1.82, 2.24) is 9.97 Å². The van der Waals surface area contributed by atoms with Crippen LogP contribution < -0.4 is 5.43 Å². The van der Waals surface area contributed by atoms with Crippen LogP contribution in [0.3, 0.4) is 0 Å². The molecule has 0 aliphatic rings. The lowest BCUT2D eigenvalue weighted by Crippen LogP contribution is -2.03. The first-order valence-corrected chi connectivity index (χ1v) is 9.07. The molecule has 6 heteroatoms. The van der Waals surface area contributed by atoms with Crippen LogP contribution in [0.2, 0.25) is 5.02 Å². The van der Waals surface area contributed by atoms with Gasteiger partial charge in [0, 0.05) is 10.9 Å². The smallest absolute Gasteiger partial charge is 0.163 e. The fourth-order valence-corrected chi connectivity index (χ4v) is 3.04. The van der Waals surface area contributed by atoms with Crippen LogP contribution in [0.25, 0.3) is 22.3 Å². The van der Waals surface area contributed by atoms with E-state index in [4.69, 9.17) is 11.6 Å². The van der Waals surface area contributed by atoms with Gasteiger partial charge in [0.25, 0.3) is 0 Å². The van der Waals surface area contributed by atoms with Gasteiger partial charge in [-0.2, -0.15) is 5.10 Å². The molecule has 1 aromatic heterocycles. The molecule has 0 fully saturated rings. The molecule has 0 spiro atoms. The fraction of sp³-hybridized carbons (Fsp3) is 0.0455. The van der Waals surface area contributed by atoms with Gasteiger partial charge in [-0.1, -0.05) is 48.0 Å². The zero-order chi connectivity index (χ0) is 19.5. The molecule has 0 radical (unpaired) electrons. The van der Waals surface area contributed by atoms with Crippen LogP contribution >= 0.6 is 11.6 Å². The van der Waals surface area contributed by atoms with Gasteiger partial charge in [0.2, 0.25) is 0 Å². The van der Waals surface area contributed by atoms with Crippen LogP contribution in [-0.4, -0.2) is 15.7 Å². The third-order valence-electron chi connectivity index (χ3n) is 4.31. The third kappa shape index (κ3) is 3.70. The highest BCUT2D eigenvalue weighted by atomic mass is 35.5. The van der Waals surface area contributed by atoms with Gasteiger partial charge in [-0.3, -0.25) is 5.43 Å². The number of hydrazone groups is 1. The van der Waals surface area contributed by atoms with Crippen LogP contribution in [0.15, 0.2) is 77.9 Å². The summed E-state index contributed by atoms with van der Waals surface area (Å²) in [7, 11) is 0. The second kappa shape index (κ2) is 7.74. The van der Waals surface area contributed by atoms with Crippen molar-refractivity contribution in [3.63, 3.8) is 0 Å². The Morgan fingerprint density at radius 3 is 2.43 bits per heavy atom. The molecule has 0 saturated carbocycles. The molecule has 4 nitrogen and oxygen atoms in total. The maximum atomic E-state index is 13.1. The summed E-state index contributed by atoms with van der Waals surface area (Å²) in [4.78, 5) is 9.27. The largest absolute Gasteiger partial charge is 0.260 e. The number of rotatable bonds is 4. The minimum absolute atomic E-state index is 0.282. The quantitative estimate of drug-likeness (QED) is 0.347. The number of nitrogens with zero attached hydrogens (tertiary/aromatic N) is 3. The molecule has 4 aromatic rings. The lowest BCUT2D eigenvalue weighted by Gasteiger charge is -2.10. The second-order valence-electron chi connectivity index (χ2n) is 6.21. The number of hydrogen-bond acceptors (Lipinski definition) is 4. The van der Waals surface area contributed by atoms with Gasteiger partial charge in [0.05, 0.1) is 16.3 Å². The number of halogens is 2. The average Bonchev–Trinajstić information content (AvgIpc) is 2.72. The number of benzene rings is 3. The van der Waals surface area contributed by atoms with Gasteiger partial charge < -0.3 is 0 Å². The molecule has 0 saturated heterocycles. The van der Waals surface area contributed by atoms with Crippen molar-refractivity contribution in [1.29, 1.82) is 0 Å². The van der Waals surface area contributed by atoms with E-state index < -0.39 is 0 Å². The van der Waals surface area contributed by atoms with Gasteiger partial charge >= 0.3 is 0 Å². The Hall–Kier alpha value is -3.31. The van der Waals surface area contributed by atoms with Crippen LogP contribution in [-0.2, 0) is 0 Å². The first kappa shape index (κ1) is 18.1. The van der Waals surface area contributed by atoms with Crippen molar-refractivity contribution < 1.29 is 4.39 Å². The zero-order valence-corrected chi connectivity index (χ0v) is 15.8. The average molecular weight is 391 g/mol. The summed E-state index contributed by atoms with van der Waals surface area (Å²) >= 11 is 6.32. The van der Waals surface area contributed by atoms with Crippen molar-refractivity contribution in [3.8, 4) is 11.4 Å². The molecule has 3 aromatic carbocycles. The highest BCUT2D eigenvalue weighted by Gasteiger charge is 2.11. The Labute approximate surface area is 166 Å². The van der Waals surface area contributed by atoms with E-state index in [-0.39, 0.29) is 5.82 Å². The molecule has 1 heterocycles. The van der Waals surface area contributed by atoms with E-state index in [1.165, 1.54) is 12.1 Å². The predicted molar refractivity (Wildman–Crippen MR) is 112 cm³/mol. The molecule has 0 aliphatic carbocycles. The molecule has 138 valence electrons. The first-order chi connectivity index (χ1) is 13.6. The highest BCUT2D eigenvalue weighted by molar-refractivity contribution is 6.33. The van der Waals surface area contributed by atoms with Gasteiger partial charge in [0.1, 0.15) is 5.82 Å². The molecule has 1 N–H and O–H groups in total. The predicted octanol–water partition coefficient (Wildman–Crippen LogP) is 5.93. The molecule has 0 unspecified atom stereocenters. The number of hydrogen-bond donors (Lipinski definition) is 1. The topological polar surface area (TPSA) is 50.2 Å². The fourth-order valence-electron chi connectivity index (χ4n) is 2.82. The molecular formula is C22H16ClFN4. The summed E-state index contributed by atoms with van der Waals surface area (Å²) in [6.45, 7) is 1.85. The number of para-hydroxylation sites is 1. The van der Waals surface area contributed by atoms with Crippen molar-refractivity contribution in [2.45, 2.75) is 6.92 Å². The maximum Gasteiger partial charge on any atom is 0.163 e. The van der Waals surface area contributed by atoms with E-state index >= 15 is 0 Å². The highest BCUT2D eigenvalue weighted by Crippen LogP contribution is 2.29. The number of aromatic nitrogens is 2. The van der Waals surface area contributed by atoms with Gasteiger partial charge in [-0.25, -0.2) is 14.4 Å². The number of nitrogens with one attached hydrogen (secondary N) is 1. The SMILES string of the molecule is C/C(=N\Nc1nc(-c2ccccc2Cl)nc2ccccc12)c1ccc(F)cc1. The van der Waals surface area contributed by atoms with Gasteiger partial charge in [0.15, 0.2) is 11.6 Å². The maximum absolute atomic E-state index is 13.1. The van der Waals surface area contributed by atoms with Crippen molar-refractivity contribution in [2.75, 3.05) is 5.43 Å². The summed E-state index contributed by atoms with van der Waals surface area (Å²) in [5.74, 6) is 0.805. The molecule has 0 atom stereocenters. The molecule has 4 rings (SSSR count). The minimum Gasteiger partial charge on any atom is -0.260 e. The monoisotopic (exact) mass is 390 g/mol. The molecule has 0 amide bonds. The molecular weight excluding hydrogens is 375 g/mol. The normalized spacial score (nSPS) is 11.6. The Morgan fingerprint density at radius 1 is 0.929 bits per heavy atom. The van der Waals surface area contributed by atoms with Gasteiger partial charge in [-0.15, -0.1) is 0 Å². The third-order valence-corrected chi connectivity index (χ3v) is 4.64. The summed E-state index contributed by atoms with van der Waals surface area (Å²) in [5.41, 5.74) is 6.09. The van der Waals surface area contributed by atoms with E-state index in [9.17, 15) is 4.39 Å².